The van der Waals surface area contributed by atoms with Gasteiger partial charge in [-0.15, -0.1) is 0 Å². The Hall–Kier alpha value is -4.80. The number of rotatable bonds is 4. The van der Waals surface area contributed by atoms with E-state index in [0.29, 0.717) is 5.56 Å². The minimum atomic E-state index is -4.91. The Balaban J connectivity index is 1.63. The molecule has 2 heterocycles. The maximum absolute atomic E-state index is 14.6. The van der Waals surface area contributed by atoms with Crippen LogP contribution >= 0.6 is 0 Å². The van der Waals surface area contributed by atoms with Crippen molar-refractivity contribution in [2.45, 2.75) is 25.4 Å². The fraction of sp³-hybridized carbons (Fsp3) is 0.148. The van der Waals surface area contributed by atoms with Crippen LogP contribution in [-0.2, 0) is 5.41 Å². The van der Waals surface area contributed by atoms with Crippen LogP contribution in [0.15, 0.2) is 54.6 Å². The largest absolute Gasteiger partial charge is 0.478 e. The van der Waals surface area contributed by atoms with Crippen LogP contribution in [0.4, 0.5) is 18.9 Å². The summed E-state index contributed by atoms with van der Waals surface area (Å²) >= 11 is 0. The summed E-state index contributed by atoms with van der Waals surface area (Å²) < 4.78 is 43.9. The number of fused-ring (bicyclic) bond motifs is 2. The third-order valence-electron chi connectivity index (χ3n) is 6.91. The van der Waals surface area contributed by atoms with Crippen molar-refractivity contribution in [3.63, 3.8) is 0 Å². The number of carbonyl (C=O) groups excluding carboxylic acids is 4. The molecule has 0 aromatic heterocycles. The predicted octanol–water partition coefficient (Wildman–Crippen LogP) is 4.25. The molecule has 4 amide bonds. The standard InChI is InChI=1S/C27H17F3N2O6/c1-12-7-13(25(37)38)9-16(8-12)32-23(35)18-6-4-15(11-20(18)24(32)36)26(2,27(28,29)30)14-3-5-17-19(10-14)22(34)31-21(17)33/h3-11H,1-2H3,(H,37,38)(H,31,33,34)/t26-/m0/s1. The van der Waals surface area contributed by atoms with Gasteiger partial charge >= 0.3 is 12.1 Å². The maximum Gasteiger partial charge on any atom is 0.402 e. The summed E-state index contributed by atoms with van der Waals surface area (Å²) in [7, 11) is 0. The minimum Gasteiger partial charge on any atom is -0.478 e. The number of hydrogen-bond acceptors (Lipinski definition) is 5. The lowest BCUT2D eigenvalue weighted by Gasteiger charge is -2.33. The van der Waals surface area contributed by atoms with Crippen LogP contribution in [0.25, 0.3) is 0 Å². The molecule has 3 aromatic carbocycles. The fourth-order valence-corrected chi connectivity index (χ4v) is 4.77. The van der Waals surface area contributed by atoms with Gasteiger partial charge < -0.3 is 5.11 Å². The van der Waals surface area contributed by atoms with Gasteiger partial charge in [0.25, 0.3) is 23.6 Å². The molecule has 11 heteroatoms. The zero-order valence-electron chi connectivity index (χ0n) is 19.8. The molecule has 0 aliphatic carbocycles. The van der Waals surface area contributed by atoms with Crippen molar-refractivity contribution in [1.29, 1.82) is 0 Å². The number of aromatic carboxylic acids is 1. The minimum absolute atomic E-state index is 0.0250. The van der Waals surface area contributed by atoms with Gasteiger partial charge in [0.15, 0.2) is 0 Å². The van der Waals surface area contributed by atoms with Crippen molar-refractivity contribution >= 4 is 35.3 Å². The number of benzene rings is 3. The van der Waals surface area contributed by atoms with Crippen LogP contribution < -0.4 is 10.2 Å². The normalized spacial score (nSPS) is 16.3. The van der Waals surface area contributed by atoms with Gasteiger partial charge in [0.1, 0.15) is 5.41 Å². The van der Waals surface area contributed by atoms with E-state index in [2.05, 4.69) is 0 Å². The van der Waals surface area contributed by atoms with E-state index in [9.17, 15) is 42.3 Å². The summed E-state index contributed by atoms with van der Waals surface area (Å²) in [5.41, 5.74) is -3.83. The second-order valence-electron chi connectivity index (χ2n) is 9.23. The van der Waals surface area contributed by atoms with Crippen LogP contribution in [0.1, 0.15) is 75.4 Å². The number of nitrogens with zero attached hydrogens (tertiary/aromatic N) is 1. The summed E-state index contributed by atoms with van der Waals surface area (Å²) in [6.07, 6.45) is -4.91. The molecule has 8 nitrogen and oxygen atoms in total. The van der Waals surface area contributed by atoms with Crippen LogP contribution in [0.5, 0.6) is 0 Å². The number of alkyl halides is 3. The second kappa shape index (κ2) is 8.10. The molecule has 0 saturated carbocycles. The molecule has 5 rings (SSSR count). The molecule has 2 aliphatic rings. The first kappa shape index (κ1) is 24.9. The van der Waals surface area contributed by atoms with E-state index < -0.39 is 41.2 Å². The van der Waals surface area contributed by atoms with Gasteiger partial charge in [0.05, 0.1) is 33.5 Å². The Labute approximate surface area is 212 Å². The van der Waals surface area contributed by atoms with Gasteiger partial charge in [-0.05, 0) is 73.0 Å². The molecule has 192 valence electrons. The van der Waals surface area contributed by atoms with Crippen LogP contribution in [0.2, 0.25) is 0 Å². The Kier molecular flexibility index (Phi) is 5.30. The monoisotopic (exact) mass is 522 g/mol. The summed E-state index contributed by atoms with van der Waals surface area (Å²) in [5.74, 6) is -4.52. The summed E-state index contributed by atoms with van der Waals surface area (Å²) in [6.45, 7) is 2.45. The third-order valence-corrected chi connectivity index (χ3v) is 6.91. The van der Waals surface area contributed by atoms with Gasteiger partial charge in [-0.25, -0.2) is 9.69 Å². The highest BCUT2D eigenvalue weighted by molar-refractivity contribution is 6.34. The number of carbonyl (C=O) groups is 5. The van der Waals surface area contributed by atoms with Gasteiger partial charge in [-0.1, -0.05) is 12.1 Å². The molecule has 0 unspecified atom stereocenters. The lowest BCUT2D eigenvalue weighted by Crippen LogP contribution is -2.41. The average Bonchev–Trinajstić information content (AvgIpc) is 3.28. The first-order valence-electron chi connectivity index (χ1n) is 11.2. The molecule has 38 heavy (non-hydrogen) atoms. The Morgan fingerprint density at radius 3 is 1.95 bits per heavy atom. The second-order valence-corrected chi connectivity index (χ2v) is 9.23. The van der Waals surface area contributed by atoms with Crippen LogP contribution in [0, 0.1) is 6.92 Å². The molecular weight excluding hydrogens is 505 g/mol. The van der Waals surface area contributed by atoms with E-state index in [-0.39, 0.29) is 44.6 Å². The van der Waals surface area contributed by atoms with Gasteiger partial charge in [-0.2, -0.15) is 13.2 Å². The van der Waals surface area contributed by atoms with Gasteiger partial charge in [0.2, 0.25) is 0 Å². The fourth-order valence-electron chi connectivity index (χ4n) is 4.77. The van der Waals surface area contributed by atoms with Crippen LogP contribution in [0.3, 0.4) is 0 Å². The maximum atomic E-state index is 14.6. The van der Waals surface area contributed by atoms with Crippen molar-refractivity contribution in [1.82, 2.24) is 5.32 Å². The average molecular weight is 522 g/mol. The highest BCUT2D eigenvalue weighted by Crippen LogP contribution is 2.47. The molecule has 1 atom stereocenters. The molecule has 0 fully saturated rings. The number of halogens is 3. The van der Waals surface area contributed by atoms with E-state index in [1.165, 1.54) is 12.1 Å². The number of amides is 4. The van der Waals surface area contributed by atoms with E-state index in [0.717, 1.165) is 54.3 Å². The first-order chi connectivity index (χ1) is 17.7. The molecule has 3 aromatic rings. The van der Waals surface area contributed by atoms with Crippen LogP contribution in [-0.4, -0.2) is 40.9 Å². The lowest BCUT2D eigenvalue weighted by atomic mass is 9.74. The predicted molar refractivity (Wildman–Crippen MR) is 126 cm³/mol. The molecule has 2 aliphatic heterocycles. The van der Waals surface area contributed by atoms with Crippen molar-refractivity contribution in [2.75, 3.05) is 4.90 Å². The Bertz CT molecular complexity index is 1630. The highest BCUT2D eigenvalue weighted by Gasteiger charge is 2.54. The zero-order chi connectivity index (χ0) is 27.7. The molecule has 0 saturated heterocycles. The third kappa shape index (κ3) is 3.50. The molecule has 0 bridgehead atoms. The summed E-state index contributed by atoms with van der Waals surface area (Å²) in [5, 5.41) is 11.4. The zero-order valence-corrected chi connectivity index (χ0v) is 19.8. The van der Waals surface area contributed by atoms with Crippen molar-refractivity contribution in [2.24, 2.45) is 0 Å². The topological polar surface area (TPSA) is 121 Å². The van der Waals surface area contributed by atoms with Crippen molar-refractivity contribution in [3.05, 3.63) is 99.1 Å². The number of nitrogens with one attached hydrogen (secondary N) is 1. The number of carboxylic acid groups (broad SMARTS) is 1. The SMILES string of the molecule is Cc1cc(C(=O)O)cc(N2C(=O)c3ccc([C@](C)(c4ccc5c(c4)C(=O)NC5=O)C(F)(F)F)cc3C2=O)c1. The molecular formula is C27H17F3N2O6. The molecule has 0 radical (unpaired) electrons. The Morgan fingerprint density at radius 1 is 0.789 bits per heavy atom. The van der Waals surface area contributed by atoms with Crippen molar-refractivity contribution in [3.8, 4) is 0 Å². The van der Waals surface area contributed by atoms with Gasteiger partial charge in [-0.3, -0.25) is 24.5 Å². The van der Waals surface area contributed by atoms with Gasteiger partial charge in [0, 0.05) is 0 Å². The van der Waals surface area contributed by atoms with E-state index in [1.54, 1.807) is 6.92 Å². The van der Waals surface area contributed by atoms with Crippen molar-refractivity contribution < 1.29 is 42.3 Å². The first-order valence-corrected chi connectivity index (χ1v) is 11.2. The number of aryl methyl sites for hydroxylation is 1. The number of imide groups is 2. The lowest BCUT2D eigenvalue weighted by molar-refractivity contribution is -0.173. The number of hydrogen-bond donors (Lipinski definition) is 2. The van der Waals surface area contributed by atoms with E-state index >= 15 is 0 Å². The smallest absolute Gasteiger partial charge is 0.402 e. The molecule has 0 spiro atoms. The van der Waals surface area contributed by atoms with E-state index in [1.807, 2.05) is 5.32 Å². The summed E-state index contributed by atoms with van der Waals surface area (Å²) in [4.78, 5) is 62.5. The summed E-state index contributed by atoms with van der Waals surface area (Å²) in [6, 6.07) is 10.3. The number of carboxylic acids is 1. The molecule has 2 N–H and O–H groups in total. The quantitative estimate of drug-likeness (QED) is 0.495. The Morgan fingerprint density at radius 2 is 1.34 bits per heavy atom. The highest BCUT2D eigenvalue weighted by atomic mass is 19.4. The number of anilines is 1. The van der Waals surface area contributed by atoms with E-state index in [4.69, 9.17) is 0 Å².